The molecule has 0 aliphatic carbocycles. The largest absolute Gasteiger partial charge is 0.370 e. The van der Waals surface area contributed by atoms with Crippen molar-refractivity contribution in [3.63, 3.8) is 0 Å². The molecule has 0 aromatic heterocycles. The van der Waals surface area contributed by atoms with Gasteiger partial charge in [-0.2, -0.15) is 0 Å². The van der Waals surface area contributed by atoms with Gasteiger partial charge in [-0.25, -0.2) is 0 Å². The number of hydrogen-bond donors (Lipinski definition) is 2. The lowest BCUT2D eigenvalue weighted by molar-refractivity contribution is -0.116. The highest BCUT2D eigenvalue weighted by Gasteiger charge is 1.89. The van der Waals surface area contributed by atoms with Gasteiger partial charge in [0.25, 0.3) is 0 Å². The molecule has 0 spiro atoms. The number of guanidine groups is 1. The summed E-state index contributed by atoms with van der Waals surface area (Å²) >= 11 is 0. The van der Waals surface area contributed by atoms with E-state index in [1.165, 1.54) is 6.92 Å². The van der Waals surface area contributed by atoms with Gasteiger partial charge in [0.05, 0.1) is 0 Å². The van der Waals surface area contributed by atoms with Crippen LogP contribution < -0.4 is 11.5 Å². The van der Waals surface area contributed by atoms with Crippen LogP contribution >= 0.6 is 0 Å². The predicted octanol–water partition coefficient (Wildman–Crippen LogP) is 1.29. The molecule has 4 N–H and O–H groups in total. The van der Waals surface area contributed by atoms with Gasteiger partial charge in [0.2, 0.25) is 0 Å². The third-order valence-electron chi connectivity index (χ3n) is 0.758. The normalized spacial score (nSPS) is 6.85. The average Bonchev–Trinajstić information content (AvgIpc) is 2.10. The van der Waals surface area contributed by atoms with E-state index in [9.17, 15) is 4.79 Å². The van der Waals surface area contributed by atoms with E-state index in [1.807, 2.05) is 27.7 Å². The Morgan fingerprint density at radius 3 is 1.77 bits per heavy atom. The first kappa shape index (κ1) is 17.9. The molecular weight excluding hydrogens is 166 g/mol. The Morgan fingerprint density at radius 2 is 1.54 bits per heavy atom. The summed E-state index contributed by atoms with van der Waals surface area (Å²) in [6, 6.07) is 0. The van der Waals surface area contributed by atoms with E-state index in [0.717, 1.165) is 0 Å². The Balaban J connectivity index is -0.000000218. The molecule has 0 amide bonds. The maximum Gasteiger partial charge on any atom is 0.185 e. The summed E-state index contributed by atoms with van der Waals surface area (Å²) in [5.41, 5.74) is 9.99. The second kappa shape index (κ2) is 17.1. The van der Waals surface area contributed by atoms with Crippen LogP contribution in [0.5, 0.6) is 0 Å². The molecule has 0 bridgehead atoms. The molecule has 13 heavy (non-hydrogen) atoms. The zero-order valence-corrected chi connectivity index (χ0v) is 9.42. The molecule has 4 heteroatoms. The van der Waals surface area contributed by atoms with Gasteiger partial charge in [0, 0.05) is 13.0 Å². The first-order valence-electron chi connectivity index (χ1n) is 4.67. The summed E-state index contributed by atoms with van der Waals surface area (Å²) in [5, 5.41) is 0. The molecule has 0 radical (unpaired) electrons. The monoisotopic (exact) mass is 189 g/mol. The van der Waals surface area contributed by atoms with Gasteiger partial charge in [0.1, 0.15) is 5.78 Å². The highest BCUT2D eigenvalue weighted by Crippen LogP contribution is 1.80. The van der Waals surface area contributed by atoms with Crippen molar-refractivity contribution >= 4 is 11.7 Å². The van der Waals surface area contributed by atoms with Crippen molar-refractivity contribution in [2.75, 3.05) is 6.54 Å². The number of nitrogens with zero attached hydrogens (tertiary/aromatic N) is 1. The van der Waals surface area contributed by atoms with Crippen LogP contribution in [0.4, 0.5) is 0 Å². The number of carbonyl (C=O) groups excluding carboxylic acids is 1. The number of ketones is 1. The Labute approximate surface area is 81.4 Å². The Kier molecular flexibility index (Phi) is 23.6. The minimum atomic E-state index is 0.0382. The Bertz CT molecular complexity index is 129. The molecule has 0 heterocycles. The zero-order chi connectivity index (χ0) is 11.3. The van der Waals surface area contributed by atoms with Crippen LogP contribution in [0.1, 0.15) is 41.0 Å². The fourth-order valence-corrected chi connectivity index (χ4v) is 0.342. The van der Waals surface area contributed by atoms with Gasteiger partial charge in [-0.15, -0.1) is 0 Å². The van der Waals surface area contributed by atoms with E-state index >= 15 is 0 Å². The van der Waals surface area contributed by atoms with Gasteiger partial charge in [-0.05, 0) is 6.92 Å². The number of rotatable bonds is 3. The highest BCUT2D eigenvalue weighted by molar-refractivity contribution is 5.77. The van der Waals surface area contributed by atoms with Crippen molar-refractivity contribution in [1.82, 2.24) is 0 Å². The smallest absolute Gasteiger partial charge is 0.185 e. The number of aliphatic imine (C=N–C) groups is 1. The Hall–Kier alpha value is -1.06. The molecule has 0 aliphatic heterocycles. The van der Waals surface area contributed by atoms with E-state index in [1.54, 1.807) is 0 Å². The first-order valence-corrected chi connectivity index (χ1v) is 4.67. The van der Waals surface area contributed by atoms with Gasteiger partial charge in [0.15, 0.2) is 5.96 Å². The Morgan fingerprint density at radius 1 is 1.15 bits per heavy atom. The van der Waals surface area contributed by atoms with Crippen LogP contribution in [-0.4, -0.2) is 18.3 Å². The van der Waals surface area contributed by atoms with E-state index in [4.69, 9.17) is 11.5 Å². The molecule has 0 saturated carbocycles. The number of Topliss-reactive ketones (excluding diaryl/α,β-unsaturated/α-hetero) is 1. The van der Waals surface area contributed by atoms with E-state index < -0.39 is 0 Å². The van der Waals surface area contributed by atoms with Crippen LogP contribution in [0, 0.1) is 0 Å². The fraction of sp³-hybridized carbons (Fsp3) is 0.778. The van der Waals surface area contributed by atoms with Crippen LogP contribution in [0.15, 0.2) is 4.99 Å². The average molecular weight is 189 g/mol. The fourth-order valence-electron chi connectivity index (χ4n) is 0.342. The summed E-state index contributed by atoms with van der Waals surface area (Å²) in [6.07, 6.45) is 0.415. The molecule has 0 rings (SSSR count). The summed E-state index contributed by atoms with van der Waals surface area (Å²) < 4.78 is 0. The molecule has 0 fully saturated rings. The molecule has 0 atom stereocenters. The van der Waals surface area contributed by atoms with Crippen molar-refractivity contribution in [3.8, 4) is 0 Å². The van der Waals surface area contributed by atoms with Gasteiger partial charge in [-0.3, -0.25) is 9.79 Å². The van der Waals surface area contributed by atoms with Gasteiger partial charge in [-0.1, -0.05) is 27.7 Å². The molecule has 0 unspecified atom stereocenters. The second-order valence-electron chi connectivity index (χ2n) is 1.76. The minimum Gasteiger partial charge on any atom is -0.370 e. The SMILES string of the molecule is CC.CC.CC(=O)CCN=C(N)N. The predicted molar refractivity (Wildman–Crippen MR) is 58.7 cm³/mol. The summed E-state index contributed by atoms with van der Waals surface area (Å²) in [6.45, 7) is 9.90. The first-order chi connectivity index (χ1) is 6.13. The molecule has 0 aromatic carbocycles. The van der Waals surface area contributed by atoms with Crippen molar-refractivity contribution in [2.24, 2.45) is 16.5 Å². The van der Waals surface area contributed by atoms with Crippen LogP contribution in [0.3, 0.4) is 0 Å². The van der Waals surface area contributed by atoms with Crippen molar-refractivity contribution in [2.45, 2.75) is 41.0 Å². The lowest BCUT2D eigenvalue weighted by atomic mass is 10.3. The summed E-state index contributed by atoms with van der Waals surface area (Å²) in [7, 11) is 0. The number of carbonyl (C=O) groups is 1. The maximum atomic E-state index is 10.3. The summed E-state index contributed by atoms with van der Waals surface area (Å²) in [4.78, 5) is 13.9. The van der Waals surface area contributed by atoms with Gasteiger partial charge < -0.3 is 11.5 Å². The second-order valence-corrected chi connectivity index (χ2v) is 1.76. The molecular formula is C9H23N3O. The molecule has 0 aliphatic rings. The standard InChI is InChI=1S/C5H11N3O.2C2H6/c1-4(9)2-3-8-5(6)7;2*1-2/h2-3H2,1H3,(H4,6,7,8);2*1-2H3. The third kappa shape index (κ3) is 35.8. The van der Waals surface area contributed by atoms with E-state index in [-0.39, 0.29) is 11.7 Å². The van der Waals surface area contributed by atoms with Crippen LogP contribution in [0.25, 0.3) is 0 Å². The number of hydrogen-bond acceptors (Lipinski definition) is 2. The van der Waals surface area contributed by atoms with Crippen LogP contribution in [-0.2, 0) is 4.79 Å². The van der Waals surface area contributed by atoms with Crippen molar-refractivity contribution in [3.05, 3.63) is 0 Å². The molecule has 80 valence electrons. The molecule has 4 nitrogen and oxygen atoms in total. The lowest BCUT2D eigenvalue weighted by Crippen LogP contribution is -2.23. The minimum absolute atomic E-state index is 0.0382. The van der Waals surface area contributed by atoms with E-state index in [2.05, 4.69) is 4.99 Å². The molecule has 0 saturated heterocycles. The quantitative estimate of drug-likeness (QED) is 0.518. The highest BCUT2D eigenvalue weighted by atomic mass is 16.1. The summed E-state index contributed by atoms with van der Waals surface area (Å²) in [5.74, 6) is 0.135. The van der Waals surface area contributed by atoms with Crippen LogP contribution in [0.2, 0.25) is 0 Å². The lowest BCUT2D eigenvalue weighted by Gasteiger charge is -1.89. The van der Waals surface area contributed by atoms with E-state index in [0.29, 0.717) is 13.0 Å². The number of nitrogens with two attached hydrogens (primary N) is 2. The van der Waals surface area contributed by atoms with Gasteiger partial charge >= 0.3 is 0 Å². The zero-order valence-electron chi connectivity index (χ0n) is 9.42. The molecule has 0 aromatic rings. The maximum absolute atomic E-state index is 10.3. The van der Waals surface area contributed by atoms with Crippen molar-refractivity contribution in [1.29, 1.82) is 0 Å². The third-order valence-corrected chi connectivity index (χ3v) is 0.758. The van der Waals surface area contributed by atoms with Crippen molar-refractivity contribution < 1.29 is 4.79 Å². The topological polar surface area (TPSA) is 81.5 Å².